The Morgan fingerprint density at radius 2 is 1.94 bits per heavy atom. The minimum atomic E-state index is -0.798. The number of carbonyl (C=O) groups is 1. The van der Waals surface area contributed by atoms with Crippen LogP contribution >= 0.6 is 0 Å². The molecule has 1 rings (SSSR count). The van der Waals surface area contributed by atoms with E-state index in [2.05, 4.69) is 0 Å². The first kappa shape index (κ1) is 12.7. The van der Waals surface area contributed by atoms with Gasteiger partial charge in [-0.1, -0.05) is 36.8 Å². The molecule has 0 aliphatic carbocycles. The number of carboxylic acids is 1. The van der Waals surface area contributed by atoms with Gasteiger partial charge in [0.1, 0.15) is 0 Å². The monoisotopic (exact) mass is 221 g/mol. The Morgan fingerprint density at radius 1 is 1.38 bits per heavy atom. The molecule has 1 atom stereocenters. The molecule has 3 heteroatoms. The van der Waals surface area contributed by atoms with Gasteiger partial charge in [-0.2, -0.15) is 0 Å². The lowest BCUT2D eigenvalue weighted by Crippen LogP contribution is -2.36. The van der Waals surface area contributed by atoms with Crippen LogP contribution in [0.15, 0.2) is 24.3 Å². The van der Waals surface area contributed by atoms with Gasteiger partial charge in [-0.3, -0.25) is 4.79 Å². The lowest BCUT2D eigenvalue weighted by atomic mass is 9.75. The van der Waals surface area contributed by atoms with Crippen LogP contribution in [0.25, 0.3) is 0 Å². The van der Waals surface area contributed by atoms with Crippen molar-refractivity contribution < 1.29 is 9.90 Å². The molecular weight excluding hydrogens is 202 g/mol. The second-order valence-electron chi connectivity index (χ2n) is 4.27. The summed E-state index contributed by atoms with van der Waals surface area (Å²) in [5.74, 6) is -0.798. The Labute approximate surface area is 96.3 Å². The van der Waals surface area contributed by atoms with Gasteiger partial charge in [-0.15, -0.1) is 0 Å². The van der Waals surface area contributed by atoms with Crippen LogP contribution < -0.4 is 5.73 Å². The number of hydrogen-bond acceptors (Lipinski definition) is 2. The molecule has 3 nitrogen and oxygen atoms in total. The molecule has 0 saturated heterocycles. The van der Waals surface area contributed by atoms with Gasteiger partial charge >= 0.3 is 5.97 Å². The van der Waals surface area contributed by atoms with E-state index in [1.54, 1.807) is 0 Å². The van der Waals surface area contributed by atoms with Gasteiger partial charge in [0.2, 0.25) is 0 Å². The Hall–Kier alpha value is -1.35. The molecule has 0 heterocycles. The summed E-state index contributed by atoms with van der Waals surface area (Å²) in [5.41, 5.74) is 7.53. The van der Waals surface area contributed by atoms with Crippen LogP contribution in [0.5, 0.6) is 0 Å². The fourth-order valence-corrected chi connectivity index (χ4v) is 1.96. The van der Waals surface area contributed by atoms with Crippen molar-refractivity contribution in [2.24, 2.45) is 5.73 Å². The van der Waals surface area contributed by atoms with Crippen LogP contribution in [-0.2, 0) is 10.2 Å². The highest BCUT2D eigenvalue weighted by Gasteiger charge is 2.31. The summed E-state index contributed by atoms with van der Waals surface area (Å²) in [6.07, 6.45) is 0.821. The van der Waals surface area contributed by atoms with Crippen molar-refractivity contribution in [3.05, 3.63) is 35.4 Å². The minimum absolute atomic E-state index is 0.0864. The van der Waals surface area contributed by atoms with Gasteiger partial charge in [0.05, 0.1) is 6.42 Å². The normalized spacial score (nSPS) is 14.4. The predicted octanol–water partition coefficient (Wildman–Crippen LogP) is 2.08. The maximum Gasteiger partial charge on any atom is 0.304 e. The van der Waals surface area contributed by atoms with E-state index in [-0.39, 0.29) is 6.42 Å². The maximum atomic E-state index is 10.9. The van der Waals surface area contributed by atoms with Crippen molar-refractivity contribution in [2.45, 2.75) is 32.1 Å². The molecule has 0 fully saturated rings. The number of aliphatic carboxylic acids is 1. The topological polar surface area (TPSA) is 63.3 Å². The zero-order valence-electron chi connectivity index (χ0n) is 9.86. The van der Waals surface area contributed by atoms with Gasteiger partial charge in [0.15, 0.2) is 0 Å². The van der Waals surface area contributed by atoms with Crippen LogP contribution in [0.1, 0.15) is 30.9 Å². The van der Waals surface area contributed by atoms with Crippen LogP contribution in [0.4, 0.5) is 0 Å². The van der Waals surface area contributed by atoms with Crippen LogP contribution in [-0.4, -0.2) is 17.6 Å². The van der Waals surface area contributed by atoms with E-state index in [1.165, 1.54) is 5.56 Å². The summed E-state index contributed by atoms with van der Waals surface area (Å²) >= 11 is 0. The molecule has 16 heavy (non-hydrogen) atoms. The molecule has 1 aromatic carbocycles. The van der Waals surface area contributed by atoms with Crippen molar-refractivity contribution in [3.63, 3.8) is 0 Å². The van der Waals surface area contributed by atoms with E-state index < -0.39 is 11.4 Å². The zero-order valence-corrected chi connectivity index (χ0v) is 9.86. The van der Waals surface area contributed by atoms with E-state index in [1.807, 2.05) is 38.1 Å². The summed E-state index contributed by atoms with van der Waals surface area (Å²) < 4.78 is 0. The highest BCUT2D eigenvalue weighted by molar-refractivity contribution is 5.69. The predicted molar refractivity (Wildman–Crippen MR) is 64.5 cm³/mol. The molecular formula is C13H19NO2. The van der Waals surface area contributed by atoms with Crippen molar-refractivity contribution in [1.29, 1.82) is 0 Å². The molecule has 0 aliphatic rings. The van der Waals surface area contributed by atoms with Crippen LogP contribution in [0, 0.1) is 6.92 Å². The molecule has 88 valence electrons. The van der Waals surface area contributed by atoms with Gasteiger partial charge in [-0.05, 0) is 18.9 Å². The van der Waals surface area contributed by atoms with E-state index in [9.17, 15) is 4.79 Å². The summed E-state index contributed by atoms with van der Waals surface area (Å²) in [6, 6.07) is 7.96. The van der Waals surface area contributed by atoms with Crippen molar-refractivity contribution in [2.75, 3.05) is 6.54 Å². The van der Waals surface area contributed by atoms with Gasteiger partial charge in [0.25, 0.3) is 0 Å². The number of hydrogen-bond donors (Lipinski definition) is 2. The Morgan fingerprint density at radius 3 is 2.31 bits per heavy atom. The maximum absolute atomic E-state index is 10.9. The average Bonchev–Trinajstić information content (AvgIpc) is 2.27. The standard InChI is InChI=1S/C13H19NO2/c1-3-13(9-14,8-12(15)16)11-6-4-10(2)5-7-11/h4-7H,3,8-9,14H2,1-2H3,(H,15,16). The fraction of sp³-hybridized carbons (Fsp3) is 0.462. The van der Waals surface area contributed by atoms with Crippen molar-refractivity contribution in [3.8, 4) is 0 Å². The lowest BCUT2D eigenvalue weighted by Gasteiger charge is -2.30. The van der Waals surface area contributed by atoms with Crippen LogP contribution in [0.3, 0.4) is 0 Å². The lowest BCUT2D eigenvalue weighted by molar-refractivity contribution is -0.138. The third-order valence-electron chi connectivity index (χ3n) is 3.22. The van der Waals surface area contributed by atoms with E-state index in [0.29, 0.717) is 6.54 Å². The molecule has 0 aliphatic heterocycles. The molecule has 0 spiro atoms. The molecule has 0 amide bonds. The molecule has 1 unspecified atom stereocenters. The smallest absolute Gasteiger partial charge is 0.304 e. The fourth-order valence-electron chi connectivity index (χ4n) is 1.96. The number of nitrogens with two attached hydrogens (primary N) is 1. The quantitative estimate of drug-likeness (QED) is 0.800. The summed E-state index contributed by atoms with van der Waals surface area (Å²) in [5, 5.41) is 8.97. The third kappa shape index (κ3) is 2.61. The minimum Gasteiger partial charge on any atom is -0.481 e. The summed E-state index contributed by atoms with van der Waals surface area (Å²) in [4.78, 5) is 10.9. The Bertz CT molecular complexity index is 353. The van der Waals surface area contributed by atoms with E-state index in [4.69, 9.17) is 10.8 Å². The molecule has 0 bridgehead atoms. The Balaban J connectivity index is 3.09. The number of aryl methyl sites for hydroxylation is 1. The van der Waals surface area contributed by atoms with Gasteiger partial charge < -0.3 is 10.8 Å². The number of rotatable bonds is 5. The summed E-state index contributed by atoms with van der Waals surface area (Å²) in [6.45, 7) is 4.35. The second kappa shape index (κ2) is 5.12. The Kier molecular flexibility index (Phi) is 4.07. The van der Waals surface area contributed by atoms with Crippen molar-refractivity contribution in [1.82, 2.24) is 0 Å². The van der Waals surface area contributed by atoms with E-state index in [0.717, 1.165) is 12.0 Å². The third-order valence-corrected chi connectivity index (χ3v) is 3.22. The SMILES string of the molecule is CCC(CN)(CC(=O)O)c1ccc(C)cc1. The highest BCUT2D eigenvalue weighted by Crippen LogP contribution is 2.30. The highest BCUT2D eigenvalue weighted by atomic mass is 16.4. The largest absolute Gasteiger partial charge is 0.481 e. The first-order valence-corrected chi connectivity index (χ1v) is 5.53. The van der Waals surface area contributed by atoms with Crippen LogP contribution in [0.2, 0.25) is 0 Å². The van der Waals surface area contributed by atoms with E-state index >= 15 is 0 Å². The first-order valence-electron chi connectivity index (χ1n) is 5.53. The molecule has 0 radical (unpaired) electrons. The molecule has 3 N–H and O–H groups in total. The molecule has 0 aromatic heterocycles. The van der Waals surface area contributed by atoms with Gasteiger partial charge in [0, 0.05) is 12.0 Å². The molecule has 0 saturated carbocycles. The summed E-state index contributed by atoms with van der Waals surface area (Å²) in [7, 11) is 0. The zero-order chi connectivity index (χ0) is 12.2. The second-order valence-corrected chi connectivity index (χ2v) is 4.27. The van der Waals surface area contributed by atoms with Crippen molar-refractivity contribution >= 4 is 5.97 Å². The number of benzene rings is 1. The number of carboxylic acid groups (broad SMARTS) is 1. The van der Waals surface area contributed by atoms with Gasteiger partial charge in [-0.25, -0.2) is 0 Å². The first-order chi connectivity index (χ1) is 7.54. The molecule has 1 aromatic rings. The average molecular weight is 221 g/mol.